The van der Waals surface area contributed by atoms with Gasteiger partial charge in [-0.1, -0.05) is 12.1 Å². The number of anilines is 2. The van der Waals surface area contributed by atoms with Crippen molar-refractivity contribution in [2.75, 3.05) is 30.8 Å². The summed E-state index contributed by atoms with van der Waals surface area (Å²) in [6, 6.07) is 7.79. The van der Waals surface area contributed by atoms with Gasteiger partial charge in [0, 0.05) is 13.1 Å². The number of hydrogen-bond acceptors (Lipinski definition) is 4. The fourth-order valence-electron chi connectivity index (χ4n) is 2.52. The summed E-state index contributed by atoms with van der Waals surface area (Å²) in [6.07, 6.45) is 1.40. The minimum absolute atomic E-state index is 0.273. The lowest BCUT2D eigenvalue weighted by molar-refractivity contribution is -0.125. The van der Waals surface area contributed by atoms with E-state index in [1.807, 2.05) is 24.3 Å². The molecule has 0 spiro atoms. The van der Waals surface area contributed by atoms with Gasteiger partial charge in [0.25, 0.3) is 0 Å². The molecule has 0 saturated carbocycles. The zero-order chi connectivity index (χ0) is 13.2. The van der Waals surface area contributed by atoms with Crippen LogP contribution >= 0.6 is 0 Å². The van der Waals surface area contributed by atoms with E-state index in [0.29, 0.717) is 12.8 Å². The Morgan fingerprint density at radius 3 is 2.44 bits per heavy atom. The third-order valence-electron chi connectivity index (χ3n) is 3.84. The number of nitrogens with zero attached hydrogens (tertiary/aromatic N) is 1. The van der Waals surface area contributed by atoms with E-state index < -0.39 is 5.54 Å². The van der Waals surface area contributed by atoms with Crippen LogP contribution in [0.15, 0.2) is 24.3 Å². The first-order valence-electron chi connectivity index (χ1n) is 6.17. The number of carbonyl (C=O) groups is 1. The lowest BCUT2D eigenvalue weighted by Crippen LogP contribution is -2.59. The second-order valence-corrected chi connectivity index (χ2v) is 4.74. The summed E-state index contributed by atoms with van der Waals surface area (Å²) in [6.45, 7) is 1.55. The first-order valence-corrected chi connectivity index (χ1v) is 6.17. The Bertz CT molecular complexity index is 438. The highest BCUT2D eigenvalue weighted by molar-refractivity contribution is 5.85. The van der Waals surface area contributed by atoms with Crippen LogP contribution in [-0.2, 0) is 4.79 Å². The summed E-state index contributed by atoms with van der Waals surface area (Å²) in [7, 11) is 1.79. The predicted octanol–water partition coefficient (Wildman–Crippen LogP) is 0.313. The van der Waals surface area contributed by atoms with E-state index in [0.717, 1.165) is 24.5 Å². The zero-order valence-electron chi connectivity index (χ0n) is 10.6. The molecule has 5 N–H and O–H groups in total. The molecule has 0 radical (unpaired) electrons. The first kappa shape index (κ1) is 12.7. The minimum atomic E-state index is -0.569. The molecular weight excluding hydrogens is 228 g/mol. The fraction of sp³-hybridized carbons (Fsp3) is 0.462. The van der Waals surface area contributed by atoms with Crippen molar-refractivity contribution in [3.05, 3.63) is 24.3 Å². The smallest absolute Gasteiger partial charge is 0.237 e. The molecule has 0 unspecified atom stereocenters. The number of carbonyl (C=O) groups excluding carboxylic acids is 1. The van der Waals surface area contributed by atoms with Crippen molar-refractivity contribution in [2.45, 2.75) is 18.4 Å². The highest BCUT2D eigenvalue weighted by atomic mass is 16.1. The number of rotatable bonds is 3. The van der Waals surface area contributed by atoms with E-state index in [4.69, 9.17) is 11.5 Å². The SMILES string of the molecule is CNC1(C(N)=O)CCN(c2ccccc2N)CC1. The van der Waals surface area contributed by atoms with Gasteiger partial charge in [0.1, 0.15) is 5.54 Å². The van der Waals surface area contributed by atoms with Crippen molar-refractivity contribution in [1.82, 2.24) is 5.32 Å². The number of likely N-dealkylation sites (N-methyl/N-ethyl adjacent to an activating group) is 1. The number of para-hydroxylation sites is 2. The van der Waals surface area contributed by atoms with E-state index in [-0.39, 0.29) is 5.91 Å². The number of benzene rings is 1. The van der Waals surface area contributed by atoms with Crippen molar-refractivity contribution < 1.29 is 4.79 Å². The van der Waals surface area contributed by atoms with Crippen LogP contribution in [-0.4, -0.2) is 31.6 Å². The van der Waals surface area contributed by atoms with E-state index in [9.17, 15) is 4.79 Å². The Hall–Kier alpha value is -1.75. The van der Waals surface area contributed by atoms with Gasteiger partial charge in [-0.05, 0) is 32.0 Å². The number of nitrogens with one attached hydrogen (secondary N) is 1. The highest BCUT2D eigenvalue weighted by Crippen LogP contribution is 2.29. The van der Waals surface area contributed by atoms with Gasteiger partial charge in [-0.25, -0.2) is 0 Å². The molecule has 1 saturated heterocycles. The molecule has 1 fully saturated rings. The molecule has 0 aliphatic carbocycles. The number of amides is 1. The number of nitrogens with two attached hydrogens (primary N) is 2. The van der Waals surface area contributed by atoms with Crippen LogP contribution in [0.5, 0.6) is 0 Å². The standard InChI is InChI=1S/C13H20N4O/c1-16-13(12(15)18)6-8-17(9-7-13)11-5-3-2-4-10(11)14/h2-5,16H,6-9,14H2,1H3,(H2,15,18). The van der Waals surface area contributed by atoms with Gasteiger partial charge < -0.3 is 21.7 Å². The molecule has 1 aliphatic rings. The quantitative estimate of drug-likeness (QED) is 0.672. The van der Waals surface area contributed by atoms with E-state index in [2.05, 4.69) is 10.2 Å². The molecule has 5 heteroatoms. The molecule has 1 heterocycles. The third kappa shape index (κ3) is 2.13. The van der Waals surface area contributed by atoms with Gasteiger partial charge in [0.15, 0.2) is 0 Å². The lowest BCUT2D eigenvalue weighted by Gasteiger charge is -2.40. The van der Waals surface area contributed by atoms with Crippen LogP contribution in [0.3, 0.4) is 0 Å². The van der Waals surface area contributed by atoms with Crippen LogP contribution in [0, 0.1) is 0 Å². The van der Waals surface area contributed by atoms with Crippen molar-refractivity contribution >= 4 is 17.3 Å². The largest absolute Gasteiger partial charge is 0.397 e. The molecule has 5 nitrogen and oxygen atoms in total. The van der Waals surface area contributed by atoms with Gasteiger partial charge in [0.2, 0.25) is 5.91 Å². The molecular formula is C13H20N4O. The highest BCUT2D eigenvalue weighted by Gasteiger charge is 2.38. The van der Waals surface area contributed by atoms with Crippen LogP contribution in [0.4, 0.5) is 11.4 Å². The van der Waals surface area contributed by atoms with E-state index in [1.165, 1.54) is 0 Å². The normalized spacial score (nSPS) is 18.6. The van der Waals surface area contributed by atoms with Crippen molar-refractivity contribution in [3.8, 4) is 0 Å². The summed E-state index contributed by atoms with van der Waals surface area (Å²) in [5.74, 6) is -0.273. The van der Waals surface area contributed by atoms with Crippen molar-refractivity contribution in [1.29, 1.82) is 0 Å². The molecule has 1 aromatic rings. The maximum atomic E-state index is 11.5. The van der Waals surface area contributed by atoms with Crippen LogP contribution < -0.4 is 21.7 Å². The average Bonchev–Trinajstić information content (AvgIpc) is 2.39. The van der Waals surface area contributed by atoms with Gasteiger partial charge >= 0.3 is 0 Å². The Morgan fingerprint density at radius 1 is 1.33 bits per heavy atom. The van der Waals surface area contributed by atoms with Gasteiger partial charge in [-0.15, -0.1) is 0 Å². The summed E-state index contributed by atoms with van der Waals surface area (Å²) in [5.41, 5.74) is 12.7. The van der Waals surface area contributed by atoms with E-state index >= 15 is 0 Å². The molecule has 1 aliphatic heterocycles. The monoisotopic (exact) mass is 248 g/mol. The average molecular weight is 248 g/mol. The van der Waals surface area contributed by atoms with Crippen molar-refractivity contribution in [2.24, 2.45) is 5.73 Å². The Labute approximate surface area is 107 Å². The minimum Gasteiger partial charge on any atom is -0.397 e. The number of primary amides is 1. The number of piperidine rings is 1. The molecule has 2 rings (SSSR count). The van der Waals surface area contributed by atoms with Crippen LogP contribution in [0.2, 0.25) is 0 Å². The fourth-order valence-corrected chi connectivity index (χ4v) is 2.52. The molecule has 98 valence electrons. The lowest BCUT2D eigenvalue weighted by atomic mass is 9.86. The number of hydrogen-bond donors (Lipinski definition) is 3. The van der Waals surface area contributed by atoms with Gasteiger partial charge in [0.05, 0.1) is 11.4 Å². The number of nitrogen functional groups attached to an aromatic ring is 1. The molecule has 18 heavy (non-hydrogen) atoms. The van der Waals surface area contributed by atoms with Crippen LogP contribution in [0.1, 0.15) is 12.8 Å². The predicted molar refractivity (Wildman–Crippen MR) is 73.3 cm³/mol. The summed E-state index contributed by atoms with van der Waals surface area (Å²) in [5, 5.41) is 3.07. The second kappa shape index (κ2) is 4.86. The maximum Gasteiger partial charge on any atom is 0.237 e. The molecule has 0 bridgehead atoms. The van der Waals surface area contributed by atoms with Gasteiger partial charge in [-0.3, -0.25) is 4.79 Å². The Kier molecular flexibility index (Phi) is 3.43. The van der Waals surface area contributed by atoms with Crippen molar-refractivity contribution in [3.63, 3.8) is 0 Å². The zero-order valence-corrected chi connectivity index (χ0v) is 10.6. The Morgan fingerprint density at radius 2 is 1.94 bits per heavy atom. The Balaban J connectivity index is 2.11. The third-order valence-corrected chi connectivity index (χ3v) is 3.84. The second-order valence-electron chi connectivity index (χ2n) is 4.74. The molecule has 0 aromatic heterocycles. The molecule has 0 atom stereocenters. The van der Waals surface area contributed by atoms with Crippen LogP contribution in [0.25, 0.3) is 0 Å². The van der Waals surface area contributed by atoms with Gasteiger partial charge in [-0.2, -0.15) is 0 Å². The molecule has 1 amide bonds. The molecule has 1 aromatic carbocycles. The summed E-state index contributed by atoms with van der Waals surface area (Å²) >= 11 is 0. The summed E-state index contributed by atoms with van der Waals surface area (Å²) in [4.78, 5) is 13.7. The first-order chi connectivity index (χ1) is 8.59. The van der Waals surface area contributed by atoms with E-state index in [1.54, 1.807) is 7.05 Å². The summed E-state index contributed by atoms with van der Waals surface area (Å²) < 4.78 is 0. The topological polar surface area (TPSA) is 84.4 Å². The maximum absolute atomic E-state index is 11.5.